The van der Waals surface area contributed by atoms with Crippen LogP contribution in [0.1, 0.15) is 67.1 Å². The number of aromatic nitrogens is 3. The molecule has 3 aromatic rings. The summed E-state index contributed by atoms with van der Waals surface area (Å²) in [6.07, 6.45) is 2.90. The first-order valence-electron chi connectivity index (χ1n) is 13.3. The number of nitrogens with zero attached hydrogens (tertiary/aromatic N) is 2. The molecule has 1 aromatic carbocycles. The second-order valence-electron chi connectivity index (χ2n) is 10.7. The number of rotatable bonds is 9. The molecular weight excluding hydrogens is 508 g/mol. The van der Waals surface area contributed by atoms with E-state index in [4.69, 9.17) is 9.84 Å². The van der Waals surface area contributed by atoms with Crippen molar-refractivity contribution in [1.82, 2.24) is 25.6 Å². The average molecular weight is 542 g/mol. The number of H-pyrrole nitrogens is 1. The molecule has 39 heavy (non-hydrogen) atoms. The van der Waals surface area contributed by atoms with Gasteiger partial charge in [0.2, 0.25) is 5.91 Å². The Labute approximate surface area is 224 Å². The third kappa shape index (κ3) is 5.88. The zero-order valence-corrected chi connectivity index (χ0v) is 22.0. The Balaban J connectivity index is 1.42. The van der Waals surface area contributed by atoms with Crippen molar-refractivity contribution in [2.45, 2.75) is 64.5 Å². The first-order chi connectivity index (χ1) is 18.7. The number of aliphatic hydroxyl groups is 1. The third-order valence-electron chi connectivity index (χ3n) is 7.68. The van der Waals surface area contributed by atoms with Crippen LogP contribution in [0.5, 0.6) is 5.75 Å². The molecular formula is C28H33F2N5O4. The maximum absolute atomic E-state index is 13.6. The van der Waals surface area contributed by atoms with Crippen LogP contribution in [0.15, 0.2) is 24.5 Å². The Hall–Kier alpha value is -3.60. The van der Waals surface area contributed by atoms with Gasteiger partial charge in [-0.05, 0) is 69.1 Å². The van der Waals surface area contributed by atoms with Gasteiger partial charge in [-0.15, -0.1) is 0 Å². The van der Waals surface area contributed by atoms with Crippen LogP contribution >= 0.6 is 0 Å². The van der Waals surface area contributed by atoms with Crippen LogP contribution < -0.4 is 15.4 Å². The van der Waals surface area contributed by atoms with Crippen molar-refractivity contribution >= 4 is 22.8 Å². The molecule has 2 aromatic heterocycles. The van der Waals surface area contributed by atoms with Gasteiger partial charge >= 0.3 is 0 Å². The lowest BCUT2D eigenvalue weighted by Crippen LogP contribution is -2.48. The molecule has 2 saturated carbocycles. The molecule has 2 aliphatic carbocycles. The number of aliphatic hydroxyl groups excluding tert-OH is 1. The molecule has 208 valence electrons. The molecule has 0 unspecified atom stereocenters. The largest absolute Gasteiger partial charge is 0.493 e. The predicted octanol–water partition coefficient (Wildman–Crippen LogP) is 4.06. The van der Waals surface area contributed by atoms with Crippen molar-refractivity contribution in [2.75, 3.05) is 13.2 Å². The number of hydrogen-bond donors (Lipinski definition) is 4. The number of carbonyl (C=O) groups is 2. The molecule has 3 atom stereocenters. The number of alkyl halides is 2. The SMILES string of the molecule is Cc1[nH]c2c(-c3cc(C(F)F)ccc3OCC3CC3)ncnc2c1C(=O)N[C@H]1CC[C@H](NC(=O)CO)C[C@H]1C. The van der Waals surface area contributed by atoms with Gasteiger partial charge in [-0.25, -0.2) is 18.7 Å². The van der Waals surface area contributed by atoms with Crippen LogP contribution in [0.4, 0.5) is 8.78 Å². The Morgan fingerprint density at radius 2 is 1.97 bits per heavy atom. The van der Waals surface area contributed by atoms with Gasteiger partial charge in [-0.3, -0.25) is 9.59 Å². The van der Waals surface area contributed by atoms with E-state index in [0.717, 1.165) is 12.8 Å². The highest BCUT2D eigenvalue weighted by molar-refractivity contribution is 6.09. The quantitative estimate of drug-likeness (QED) is 0.323. The van der Waals surface area contributed by atoms with E-state index in [1.54, 1.807) is 13.0 Å². The normalized spacial score (nSPS) is 21.2. The minimum atomic E-state index is -2.65. The number of nitrogens with one attached hydrogen (secondary N) is 3. The zero-order valence-electron chi connectivity index (χ0n) is 22.0. The van der Waals surface area contributed by atoms with E-state index < -0.39 is 18.9 Å². The topological polar surface area (TPSA) is 129 Å². The molecule has 0 aliphatic heterocycles. The summed E-state index contributed by atoms with van der Waals surface area (Å²) in [4.78, 5) is 37.0. The van der Waals surface area contributed by atoms with E-state index in [9.17, 15) is 18.4 Å². The third-order valence-corrected chi connectivity index (χ3v) is 7.68. The molecule has 2 fully saturated rings. The first-order valence-corrected chi connectivity index (χ1v) is 13.3. The van der Waals surface area contributed by atoms with Crippen molar-refractivity contribution in [2.24, 2.45) is 11.8 Å². The molecule has 0 saturated heterocycles. The van der Waals surface area contributed by atoms with Crippen LogP contribution in [-0.4, -0.2) is 57.2 Å². The summed E-state index contributed by atoms with van der Waals surface area (Å²) < 4.78 is 33.2. The fraction of sp³-hybridized carbons (Fsp3) is 0.500. The van der Waals surface area contributed by atoms with Crippen molar-refractivity contribution in [3.63, 3.8) is 0 Å². The highest BCUT2D eigenvalue weighted by atomic mass is 19.3. The molecule has 2 aliphatic rings. The lowest BCUT2D eigenvalue weighted by molar-refractivity contribution is -0.124. The molecule has 0 bridgehead atoms. The standard InChI is InChI=1S/C28H33F2N5O4/c1-14-9-18(34-22(37)11-36)6-7-20(14)35-28(38)23-15(2)33-26-24(31-13-32-25(23)26)19-10-17(27(29)30)5-8-21(19)39-12-16-3-4-16/h5,8,10,13-14,16,18,20,27,33,36H,3-4,6-7,9,11-12H2,1-2H3,(H,34,37)(H,35,38)/t14-,18+,20+/m1/s1. The number of hydrogen-bond acceptors (Lipinski definition) is 6. The Bertz CT molecular complexity index is 1370. The average Bonchev–Trinajstić information content (AvgIpc) is 3.68. The number of halogens is 2. The number of ether oxygens (including phenoxy) is 1. The molecule has 11 heteroatoms. The van der Waals surface area contributed by atoms with Crippen LogP contribution in [0.2, 0.25) is 0 Å². The highest BCUT2D eigenvalue weighted by Gasteiger charge is 2.31. The lowest BCUT2D eigenvalue weighted by atomic mass is 9.82. The van der Waals surface area contributed by atoms with Gasteiger partial charge in [0.05, 0.1) is 17.7 Å². The van der Waals surface area contributed by atoms with E-state index in [1.165, 1.54) is 18.5 Å². The number of benzene rings is 1. The highest BCUT2D eigenvalue weighted by Crippen LogP contribution is 2.38. The van der Waals surface area contributed by atoms with Crippen molar-refractivity contribution < 1.29 is 28.2 Å². The molecule has 4 N–H and O–H groups in total. The summed E-state index contributed by atoms with van der Waals surface area (Å²) in [5, 5.41) is 14.9. The summed E-state index contributed by atoms with van der Waals surface area (Å²) >= 11 is 0. The molecule has 0 radical (unpaired) electrons. The van der Waals surface area contributed by atoms with Crippen LogP contribution in [0, 0.1) is 18.8 Å². The van der Waals surface area contributed by atoms with Crippen molar-refractivity contribution in [3.8, 4) is 17.0 Å². The summed E-state index contributed by atoms with van der Waals surface area (Å²) in [5.74, 6) is 0.350. The van der Waals surface area contributed by atoms with Crippen molar-refractivity contribution in [1.29, 1.82) is 0 Å². The molecule has 5 rings (SSSR count). The number of aryl methyl sites for hydroxylation is 1. The summed E-state index contributed by atoms with van der Waals surface area (Å²) in [6.45, 7) is 3.75. The van der Waals surface area contributed by atoms with Gasteiger partial charge in [0.15, 0.2) is 0 Å². The van der Waals surface area contributed by atoms with Crippen molar-refractivity contribution in [3.05, 3.63) is 41.3 Å². The zero-order chi connectivity index (χ0) is 27.7. The van der Waals surface area contributed by atoms with Gasteiger partial charge in [0.25, 0.3) is 12.3 Å². The van der Waals surface area contributed by atoms with Gasteiger partial charge < -0.3 is 25.5 Å². The summed E-state index contributed by atoms with van der Waals surface area (Å²) in [6, 6.07) is 4.16. The first kappa shape index (κ1) is 27.0. The second kappa shape index (κ2) is 11.3. The Morgan fingerprint density at radius 3 is 2.67 bits per heavy atom. The predicted molar refractivity (Wildman–Crippen MR) is 141 cm³/mol. The van der Waals surface area contributed by atoms with Gasteiger partial charge in [-0.2, -0.15) is 0 Å². The van der Waals surface area contributed by atoms with Gasteiger partial charge in [-0.1, -0.05) is 6.92 Å². The Kier molecular flexibility index (Phi) is 7.79. The molecule has 2 amide bonds. The van der Waals surface area contributed by atoms with E-state index in [1.807, 2.05) is 6.92 Å². The van der Waals surface area contributed by atoms with Crippen LogP contribution in [0.3, 0.4) is 0 Å². The maximum atomic E-state index is 13.6. The van der Waals surface area contributed by atoms with E-state index >= 15 is 0 Å². The Morgan fingerprint density at radius 1 is 1.18 bits per heavy atom. The smallest absolute Gasteiger partial charge is 0.263 e. The van der Waals surface area contributed by atoms with E-state index in [2.05, 4.69) is 25.6 Å². The molecule has 0 spiro atoms. The fourth-order valence-corrected chi connectivity index (χ4v) is 5.35. The molecule has 2 heterocycles. The number of amides is 2. The minimum Gasteiger partial charge on any atom is -0.493 e. The van der Waals surface area contributed by atoms with E-state index in [0.29, 0.717) is 71.1 Å². The van der Waals surface area contributed by atoms with Crippen LogP contribution in [0.25, 0.3) is 22.3 Å². The molecule has 9 nitrogen and oxygen atoms in total. The minimum absolute atomic E-state index is 0.0433. The monoisotopic (exact) mass is 541 g/mol. The summed E-state index contributed by atoms with van der Waals surface area (Å²) in [7, 11) is 0. The second-order valence-corrected chi connectivity index (χ2v) is 10.7. The van der Waals surface area contributed by atoms with Crippen LogP contribution in [-0.2, 0) is 4.79 Å². The van der Waals surface area contributed by atoms with Gasteiger partial charge in [0, 0.05) is 28.9 Å². The van der Waals surface area contributed by atoms with E-state index in [-0.39, 0.29) is 29.5 Å². The fourth-order valence-electron chi connectivity index (χ4n) is 5.35. The number of fused-ring (bicyclic) bond motifs is 1. The lowest BCUT2D eigenvalue weighted by Gasteiger charge is -2.35. The number of aromatic amines is 1. The maximum Gasteiger partial charge on any atom is 0.263 e. The van der Waals surface area contributed by atoms with Gasteiger partial charge in [0.1, 0.15) is 29.9 Å². The summed E-state index contributed by atoms with van der Waals surface area (Å²) in [5.41, 5.74) is 2.52. The number of carbonyl (C=O) groups excluding carboxylic acids is 2.